The van der Waals surface area contributed by atoms with E-state index >= 15 is 0 Å². The Kier molecular flexibility index (Phi) is 8.02. The standard InChI is InChI=1S/C26H36ClN5O3/c1-26(2,3)35-25(34)31-14-9-19(10-15-31)23-22(24(33)28-11-16-30-12-4-5-13-30)18-29-32(23)21-8-6-7-20(27)17-21/h6-8,17-19H,4-5,9-16H2,1-3H3,(H,28,33). The van der Waals surface area contributed by atoms with Crippen molar-refractivity contribution in [2.45, 2.75) is 58.0 Å². The predicted octanol–water partition coefficient (Wildman–Crippen LogP) is 4.47. The van der Waals surface area contributed by atoms with Gasteiger partial charge in [-0.15, -0.1) is 0 Å². The Morgan fingerprint density at radius 2 is 1.86 bits per heavy atom. The van der Waals surface area contributed by atoms with Crippen molar-refractivity contribution in [1.29, 1.82) is 0 Å². The zero-order valence-corrected chi connectivity index (χ0v) is 21.7. The largest absolute Gasteiger partial charge is 0.444 e. The van der Waals surface area contributed by atoms with E-state index in [0.717, 1.165) is 43.9 Å². The lowest BCUT2D eigenvalue weighted by Crippen LogP contribution is -2.41. The van der Waals surface area contributed by atoms with E-state index in [4.69, 9.17) is 16.3 Å². The highest BCUT2D eigenvalue weighted by molar-refractivity contribution is 6.30. The maximum absolute atomic E-state index is 13.2. The SMILES string of the molecule is CC(C)(C)OC(=O)N1CCC(c2c(C(=O)NCCN3CCCC3)cnn2-c2cccc(Cl)c2)CC1. The van der Waals surface area contributed by atoms with E-state index in [2.05, 4.69) is 15.3 Å². The second-order valence-corrected chi connectivity index (χ2v) is 10.8. The number of benzene rings is 1. The molecule has 2 aliphatic heterocycles. The van der Waals surface area contributed by atoms with E-state index < -0.39 is 5.60 Å². The Balaban J connectivity index is 1.51. The third-order valence-corrected chi connectivity index (χ3v) is 6.78. The summed E-state index contributed by atoms with van der Waals surface area (Å²) >= 11 is 6.26. The van der Waals surface area contributed by atoms with Crippen LogP contribution in [0.3, 0.4) is 0 Å². The molecule has 1 aromatic heterocycles. The molecule has 2 fully saturated rings. The minimum atomic E-state index is -0.528. The Hall–Kier alpha value is -2.58. The number of nitrogens with zero attached hydrogens (tertiary/aromatic N) is 4. The summed E-state index contributed by atoms with van der Waals surface area (Å²) in [5, 5.41) is 8.29. The van der Waals surface area contributed by atoms with Gasteiger partial charge in [-0.3, -0.25) is 4.79 Å². The normalized spacial score (nSPS) is 17.5. The number of hydrogen-bond donors (Lipinski definition) is 1. The second kappa shape index (κ2) is 11.0. The van der Waals surface area contributed by atoms with E-state index in [-0.39, 0.29) is 17.9 Å². The number of ether oxygens (including phenoxy) is 1. The van der Waals surface area contributed by atoms with Gasteiger partial charge in [-0.1, -0.05) is 17.7 Å². The van der Waals surface area contributed by atoms with Gasteiger partial charge in [-0.25, -0.2) is 9.48 Å². The van der Waals surface area contributed by atoms with Crippen LogP contribution in [0.2, 0.25) is 5.02 Å². The predicted molar refractivity (Wildman–Crippen MR) is 136 cm³/mol. The van der Waals surface area contributed by atoms with Gasteiger partial charge in [0.2, 0.25) is 0 Å². The van der Waals surface area contributed by atoms with Gasteiger partial charge >= 0.3 is 6.09 Å². The minimum absolute atomic E-state index is 0.0782. The van der Waals surface area contributed by atoms with Gasteiger partial charge in [-0.05, 0) is 77.7 Å². The highest BCUT2D eigenvalue weighted by Gasteiger charge is 2.32. The number of hydrogen-bond acceptors (Lipinski definition) is 5. The van der Waals surface area contributed by atoms with Crippen LogP contribution in [0.1, 0.15) is 68.4 Å². The molecule has 9 heteroatoms. The molecule has 4 rings (SSSR count). The van der Waals surface area contributed by atoms with Gasteiger partial charge < -0.3 is 19.9 Å². The van der Waals surface area contributed by atoms with Crippen LogP contribution in [-0.2, 0) is 4.74 Å². The van der Waals surface area contributed by atoms with Gasteiger partial charge in [0.1, 0.15) is 5.60 Å². The summed E-state index contributed by atoms with van der Waals surface area (Å²) in [6, 6.07) is 7.49. The third-order valence-electron chi connectivity index (χ3n) is 6.55. The van der Waals surface area contributed by atoms with E-state index in [1.54, 1.807) is 11.1 Å². The molecule has 0 spiro atoms. The maximum atomic E-state index is 13.2. The molecule has 2 saturated heterocycles. The number of aromatic nitrogens is 2. The first-order chi connectivity index (χ1) is 16.7. The lowest BCUT2D eigenvalue weighted by Gasteiger charge is -2.34. The fraction of sp³-hybridized carbons (Fsp3) is 0.577. The smallest absolute Gasteiger partial charge is 0.410 e. The molecule has 1 N–H and O–H groups in total. The Bertz CT molecular complexity index is 1030. The molecule has 2 aromatic rings. The van der Waals surface area contributed by atoms with Crippen molar-refractivity contribution in [3.63, 3.8) is 0 Å². The fourth-order valence-corrected chi connectivity index (χ4v) is 5.01. The highest BCUT2D eigenvalue weighted by Crippen LogP contribution is 2.33. The summed E-state index contributed by atoms with van der Waals surface area (Å²) in [5.74, 6) is -0.0310. The number of nitrogens with one attached hydrogen (secondary N) is 1. The molecule has 0 saturated carbocycles. The first kappa shape index (κ1) is 25.5. The number of rotatable bonds is 6. The molecular weight excluding hydrogens is 466 g/mol. The summed E-state index contributed by atoms with van der Waals surface area (Å²) in [6.45, 7) is 10.4. The van der Waals surface area contributed by atoms with Crippen molar-refractivity contribution in [3.8, 4) is 5.69 Å². The van der Waals surface area contributed by atoms with Crippen molar-refractivity contribution in [1.82, 2.24) is 24.9 Å². The maximum Gasteiger partial charge on any atom is 0.410 e. The molecule has 0 unspecified atom stereocenters. The third kappa shape index (κ3) is 6.55. The van der Waals surface area contributed by atoms with Crippen LogP contribution in [0.25, 0.3) is 5.69 Å². The van der Waals surface area contributed by atoms with Crippen molar-refractivity contribution in [2.24, 2.45) is 0 Å². The zero-order chi connectivity index (χ0) is 25.0. The topological polar surface area (TPSA) is 79.7 Å². The number of halogens is 1. The molecule has 0 atom stereocenters. The van der Waals surface area contributed by atoms with Crippen molar-refractivity contribution in [2.75, 3.05) is 39.3 Å². The molecule has 1 aromatic carbocycles. The second-order valence-electron chi connectivity index (χ2n) is 10.4. The summed E-state index contributed by atoms with van der Waals surface area (Å²) in [7, 11) is 0. The van der Waals surface area contributed by atoms with E-state index in [1.165, 1.54) is 12.8 Å². The van der Waals surface area contributed by atoms with E-state index in [9.17, 15) is 9.59 Å². The van der Waals surface area contributed by atoms with Gasteiger partial charge in [0.15, 0.2) is 0 Å². The molecule has 35 heavy (non-hydrogen) atoms. The lowest BCUT2D eigenvalue weighted by atomic mass is 9.91. The first-order valence-electron chi connectivity index (χ1n) is 12.5. The van der Waals surface area contributed by atoms with Gasteiger partial charge in [0, 0.05) is 37.1 Å². The van der Waals surface area contributed by atoms with Crippen LogP contribution in [0.15, 0.2) is 30.5 Å². The summed E-state index contributed by atoms with van der Waals surface area (Å²) in [5.41, 5.74) is 1.74. The summed E-state index contributed by atoms with van der Waals surface area (Å²) in [6.07, 6.45) is 5.26. The number of likely N-dealkylation sites (tertiary alicyclic amines) is 2. The number of piperidine rings is 1. The molecule has 8 nitrogen and oxygen atoms in total. The van der Waals surface area contributed by atoms with Crippen LogP contribution in [-0.4, -0.2) is 76.5 Å². The average molecular weight is 502 g/mol. The van der Waals surface area contributed by atoms with Crippen LogP contribution < -0.4 is 5.32 Å². The van der Waals surface area contributed by atoms with E-state index in [0.29, 0.717) is 30.2 Å². The molecule has 0 radical (unpaired) electrons. The summed E-state index contributed by atoms with van der Waals surface area (Å²) < 4.78 is 7.37. The van der Waals surface area contributed by atoms with Crippen molar-refractivity contribution >= 4 is 23.6 Å². The van der Waals surface area contributed by atoms with Crippen LogP contribution in [0.4, 0.5) is 4.79 Å². The molecule has 2 amide bonds. The fourth-order valence-electron chi connectivity index (χ4n) is 4.83. The van der Waals surface area contributed by atoms with Gasteiger partial charge in [0.25, 0.3) is 5.91 Å². The minimum Gasteiger partial charge on any atom is -0.444 e. The van der Waals surface area contributed by atoms with Gasteiger partial charge in [0.05, 0.1) is 23.1 Å². The van der Waals surface area contributed by atoms with Crippen LogP contribution in [0, 0.1) is 0 Å². The number of carbonyl (C=O) groups excluding carboxylic acids is 2. The highest BCUT2D eigenvalue weighted by atomic mass is 35.5. The summed E-state index contributed by atoms with van der Waals surface area (Å²) in [4.78, 5) is 29.9. The first-order valence-corrected chi connectivity index (χ1v) is 12.9. The number of carbonyl (C=O) groups is 2. The molecular formula is C26H36ClN5O3. The monoisotopic (exact) mass is 501 g/mol. The molecule has 2 aliphatic rings. The van der Waals surface area contributed by atoms with Crippen LogP contribution >= 0.6 is 11.6 Å². The van der Waals surface area contributed by atoms with Crippen LogP contribution in [0.5, 0.6) is 0 Å². The quantitative estimate of drug-likeness (QED) is 0.632. The Morgan fingerprint density at radius 3 is 2.51 bits per heavy atom. The molecule has 0 aliphatic carbocycles. The molecule has 190 valence electrons. The molecule has 3 heterocycles. The number of amides is 2. The Labute approximate surface area is 212 Å². The Morgan fingerprint density at radius 1 is 1.14 bits per heavy atom. The van der Waals surface area contributed by atoms with Gasteiger partial charge in [-0.2, -0.15) is 5.10 Å². The molecule has 0 bridgehead atoms. The van der Waals surface area contributed by atoms with Crippen molar-refractivity contribution < 1.29 is 14.3 Å². The zero-order valence-electron chi connectivity index (χ0n) is 20.9. The lowest BCUT2D eigenvalue weighted by molar-refractivity contribution is 0.0203. The average Bonchev–Trinajstić information content (AvgIpc) is 3.48. The van der Waals surface area contributed by atoms with E-state index in [1.807, 2.05) is 49.7 Å². The van der Waals surface area contributed by atoms with Crippen molar-refractivity contribution in [3.05, 3.63) is 46.7 Å².